The van der Waals surface area contributed by atoms with Crippen molar-refractivity contribution in [1.29, 1.82) is 0 Å². The van der Waals surface area contributed by atoms with Crippen LogP contribution < -0.4 is 10.6 Å². The van der Waals surface area contributed by atoms with Crippen LogP contribution in [0.4, 0.5) is 5.13 Å². The molecule has 0 spiro atoms. The van der Waals surface area contributed by atoms with Gasteiger partial charge in [-0.05, 0) is 25.8 Å². The zero-order valence-electron chi connectivity index (χ0n) is 10.0. The van der Waals surface area contributed by atoms with Crippen molar-refractivity contribution in [2.24, 2.45) is 0 Å². The minimum absolute atomic E-state index is 0.0250. The standard InChI is InChI=1S/C11H18N4OS/c1-2-4-9(16)13-11-15-14-10(17-11)8-5-3-6-12-7-8/h8,12H,2-7H2,1H3,(H,13,15,16). The minimum atomic E-state index is 0.0250. The first-order valence-electron chi connectivity index (χ1n) is 6.13. The summed E-state index contributed by atoms with van der Waals surface area (Å²) in [6.45, 7) is 4.05. The molecule has 5 nitrogen and oxygen atoms in total. The Morgan fingerprint density at radius 3 is 3.18 bits per heavy atom. The maximum Gasteiger partial charge on any atom is 0.226 e. The first-order valence-corrected chi connectivity index (χ1v) is 6.95. The van der Waals surface area contributed by atoms with Gasteiger partial charge in [0.1, 0.15) is 5.01 Å². The van der Waals surface area contributed by atoms with Crippen LogP contribution in [0.5, 0.6) is 0 Å². The van der Waals surface area contributed by atoms with Gasteiger partial charge in [-0.2, -0.15) is 0 Å². The second kappa shape index (κ2) is 6.07. The zero-order chi connectivity index (χ0) is 12.1. The molecule has 0 aromatic carbocycles. The second-order valence-corrected chi connectivity index (χ2v) is 5.30. The number of anilines is 1. The maximum absolute atomic E-state index is 11.4. The third-order valence-corrected chi connectivity index (χ3v) is 3.81. The maximum atomic E-state index is 11.4. The Morgan fingerprint density at radius 1 is 1.59 bits per heavy atom. The Morgan fingerprint density at radius 2 is 2.47 bits per heavy atom. The van der Waals surface area contributed by atoms with Crippen molar-refractivity contribution < 1.29 is 4.79 Å². The first kappa shape index (κ1) is 12.4. The zero-order valence-corrected chi connectivity index (χ0v) is 10.8. The van der Waals surface area contributed by atoms with E-state index in [1.54, 1.807) is 0 Å². The highest BCUT2D eigenvalue weighted by Gasteiger charge is 2.19. The highest BCUT2D eigenvalue weighted by atomic mass is 32.1. The topological polar surface area (TPSA) is 66.9 Å². The lowest BCUT2D eigenvalue weighted by Crippen LogP contribution is -2.28. The van der Waals surface area contributed by atoms with Crippen molar-refractivity contribution in [2.45, 2.75) is 38.5 Å². The predicted octanol–water partition coefficient (Wildman–Crippen LogP) is 1.74. The van der Waals surface area contributed by atoms with Gasteiger partial charge in [0, 0.05) is 18.9 Å². The molecule has 1 aromatic rings. The predicted molar refractivity (Wildman–Crippen MR) is 68.3 cm³/mol. The van der Waals surface area contributed by atoms with Gasteiger partial charge < -0.3 is 10.6 Å². The molecule has 1 fully saturated rings. The minimum Gasteiger partial charge on any atom is -0.316 e. The second-order valence-electron chi connectivity index (χ2n) is 4.29. The molecule has 1 aromatic heterocycles. The Bertz CT molecular complexity index is 373. The van der Waals surface area contributed by atoms with Crippen LogP contribution in [0.15, 0.2) is 0 Å². The monoisotopic (exact) mass is 254 g/mol. The molecule has 94 valence electrons. The molecule has 0 bridgehead atoms. The summed E-state index contributed by atoms with van der Waals surface area (Å²) in [5, 5.41) is 16.0. The summed E-state index contributed by atoms with van der Waals surface area (Å²) in [5.74, 6) is 0.482. The normalized spacial score (nSPS) is 20.2. The largest absolute Gasteiger partial charge is 0.316 e. The molecule has 1 saturated heterocycles. The molecule has 2 heterocycles. The summed E-state index contributed by atoms with van der Waals surface area (Å²) in [4.78, 5) is 11.4. The summed E-state index contributed by atoms with van der Waals surface area (Å²) in [6, 6.07) is 0. The fourth-order valence-corrected chi connectivity index (χ4v) is 2.82. The van der Waals surface area contributed by atoms with Gasteiger partial charge in [0.05, 0.1) is 0 Å². The molecular formula is C11H18N4OS. The molecule has 1 unspecified atom stereocenters. The number of hydrogen-bond acceptors (Lipinski definition) is 5. The third-order valence-electron chi connectivity index (χ3n) is 2.81. The van der Waals surface area contributed by atoms with E-state index in [9.17, 15) is 4.79 Å². The van der Waals surface area contributed by atoms with E-state index in [0.717, 1.165) is 30.9 Å². The van der Waals surface area contributed by atoms with E-state index in [1.807, 2.05) is 6.92 Å². The lowest BCUT2D eigenvalue weighted by molar-refractivity contribution is -0.116. The number of hydrogen-bond donors (Lipinski definition) is 2. The third kappa shape index (κ3) is 3.47. The molecular weight excluding hydrogens is 236 g/mol. The molecule has 0 saturated carbocycles. The summed E-state index contributed by atoms with van der Waals surface area (Å²) < 4.78 is 0. The van der Waals surface area contributed by atoms with Crippen LogP contribution in [-0.4, -0.2) is 29.2 Å². The SMILES string of the molecule is CCCC(=O)Nc1nnc(C2CCCNC2)s1. The number of rotatable bonds is 4. The highest BCUT2D eigenvalue weighted by Crippen LogP contribution is 2.27. The molecule has 1 atom stereocenters. The van der Waals surface area contributed by atoms with E-state index in [1.165, 1.54) is 17.8 Å². The summed E-state index contributed by atoms with van der Waals surface area (Å²) in [7, 11) is 0. The van der Waals surface area contributed by atoms with Crippen LogP contribution in [0, 0.1) is 0 Å². The smallest absolute Gasteiger partial charge is 0.226 e. The van der Waals surface area contributed by atoms with Gasteiger partial charge in [-0.25, -0.2) is 0 Å². The number of carbonyl (C=O) groups excluding carboxylic acids is 1. The lowest BCUT2D eigenvalue weighted by atomic mass is 10.0. The van der Waals surface area contributed by atoms with E-state index in [2.05, 4.69) is 20.8 Å². The van der Waals surface area contributed by atoms with E-state index < -0.39 is 0 Å². The number of aromatic nitrogens is 2. The van der Waals surface area contributed by atoms with Crippen LogP contribution >= 0.6 is 11.3 Å². The Labute approximate surface area is 105 Å². The molecule has 1 amide bonds. The van der Waals surface area contributed by atoms with Crippen molar-refractivity contribution in [2.75, 3.05) is 18.4 Å². The lowest BCUT2D eigenvalue weighted by Gasteiger charge is -2.19. The van der Waals surface area contributed by atoms with Gasteiger partial charge in [-0.1, -0.05) is 18.3 Å². The molecule has 0 aliphatic carbocycles. The van der Waals surface area contributed by atoms with Gasteiger partial charge in [0.2, 0.25) is 11.0 Å². The molecule has 2 rings (SSSR count). The average Bonchev–Trinajstić information content (AvgIpc) is 2.79. The van der Waals surface area contributed by atoms with E-state index in [-0.39, 0.29) is 5.91 Å². The fourth-order valence-electron chi connectivity index (χ4n) is 1.92. The summed E-state index contributed by atoms with van der Waals surface area (Å²) in [5.41, 5.74) is 0. The Kier molecular flexibility index (Phi) is 4.44. The number of amides is 1. The molecule has 1 aliphatic rings. The van der Waals surface area contributed by atoms with Crippen molar-refractivity contribution in [3.8, 4) is 0 Å². The quantitative estimate of drug-likeness (QED) is 0.859. The van der Waals surface area contributed by atoms with Crippen molar-refractivity contribution >= 4 is 22.4 Å². The van der Waals surface area contributed by atoms with Gasteiger partial charge in [0.15, 0.2) is 0 Å². The Balaban J connectivity index is 1.93. The average molecular weight is 254 g/mol. The van der Waals surface area contributed by atoms with Crippen molar-refractivity contribution in [3.05, 3.63) is 5.01 Å². The first-order chi connectivity index (χ1) is 8.29. The highest BCUT2D eigenvalue weighted by molar-refractivity contribution is 7.15. The summed E-state index contributed by atoms with van der Waals surface area (Å²) in [6.07, 6.45) is 3.73. The van der Waals surface area contributed by atoms with Crippen molar-refractivity contribution in [3.63, 3.8) is 0 Å². The van der Waals surface area contributed by atoms with Gasteiger partial charge in [-0.15, -0.1) is 10.2 Å². The van der Waals surface area contributed by atoms with Crippen LogP contribution in [0.2, 0.25) is 0 Å². The molecule has 1 aliphatic heterocycles. The van der Waals surface area contributed by atoms with Crippen LogP contribution in [0.3, 0.4) is 0 Å². The molecule has 17 heavy (non-hydrogen) atoms. The molecule has 6 heteroatoms. The van der Waals surface area contributed by atoms with Crippen LogP contribution in [0.1, 0.15) is 43.5 Å². The van der Waals surface area contributed by atoms with Crippen LogP contribution in [0.25, 0.3) is 0 Å². The van der Waals surface area contributed by atoms with Gasteiger partial charge in [-0.3, -0.25) is 4.79 Å². The fraction of sp³-hybridized carbons (Fsp3) is 0.727. The van der Waals surface area contributed by atoms with E-state index in [4.69, 9.17) is 0 Å². The number of carbonyl (C=O) groups is 1. The number of nitrogens with zero attached hydrogens (tertiary/aromatic N) is 2. The van der Waals surface area contributed by atoms with Crippen LogP contribution in [-0.2, 0) is 4.79 Å². The van der Waals surface area contributed by atoms with Gasteiger partial charge in [0.25, 0.3) is 0 Å². The molecule has 2 N–H and O–H groups in total. The van der Waals surface area contributed by atoms with E-state index >= 15 is 0 Å². The number of piperidine rings is 1. The summed E-state index contributed by atoms with van der Waals surface area (Å²) >= 11 is 1.50. The molecule has 0 radical (unpaired) electrons. The van der Waals surface area contributed by atoms with E-state index in [0.29, 0.717) is 17.5 Å². The Hall–Kier alpha value is -1.01. The van der Waals surface area contributed by atoms with Gasteiger partial charge >= 0.3 is 0 Å². The van der Waals surface area contributed by atoms with Crippen molar-refractivity contribution in [1.82, 2.24) is 15.5 Å². The number of nitrogens with one attached hydrogen (secondary N) is 2.